The SMILES string of the molecule is Cn1cc(CNc2cccc(F)c2F)cc1C#N. The van der Waals surface area contributed by atoms with Crippen molar-refractivity contribution in [3.05, 3.63) is 53.4 Å². The molecule has 92 valence electrons. The molecule has 1 aromatic carbocycles. The van der Waals surface area contributed by atoms with E-state index in [9.17, 15) is 8.78 Å². The van der Waals surface area contributed by atoms with Crippen molar-refractivity contribution in [3.8, 4) is 6.07 Å². The molecule has 0 fully saturated rings. The van der Waals surface area contributed by atoms with Crippen LogP contribution in [0.1, 0.15) is 11.3 Å². The molecule has 3 nitrogen and oxygen atoms in total. The Morgan fingerprint density at radius 3 is 2.83 bits per heavy atom. The first kappa shape index (κ1) is 12.1. The van der Waals surface area contributed by atoms with Crippen LogP contribution in [0.15, 0.2) is 30.5 Å². The van der Waals surface area contributed by atoms with Gasteiger partial charge >= 0.3 is 0 Å². The van der Waals surface area contributed by atoms with Crippen LogP contribution in [0.3, 0.4) is 0 Å². The van der Waals surface area contributed by atoms with Crippen LogP contribution in [0.5, 0.6) is 0 Å². The number of aryl methyl sites for hydroxylation is 1. The van der Waals surface area contributed by atoms with E-state index in [0.29, 0.717) is 12.2 Å². The van der Waals surface area contributed by atoms with Crippen LogP contribution in [0.25, 0.3) is 0 Å². The van der Waals surface area contributed by atoms with Crippen LogP contribution in [0, 0.1) is 23.0 Å². The molecule has 0 bridgehead atoms. The van der Waals surface area contributed by atoms with E-state index >= 15 is 0 Å². The number of halogens is 2. The monoisotopic (exact) mass is 247 g/mol. The normalized spacial score (nSPS) is 10.1. The highest BCUT2D eigenvalue weighted by molar-refractivity contribution is 5.45. The Morgan fingerprint density at radius 1 is 1.39 bits per heavy atom. The van der Waals surface area contributed by atoms with Crippen LogP contribution < -0.4 is 5.32 Å². The number of benzene rings is 1. The van der Waals surface area contributed by atoms with Gasteiger partial charge in [-0.15, -0.1) is 0 Å². The van der Waals surface area contributed by atoms with Crippen LogP contribution in [-0.4, -0.2) is 4.57 Å². The number of rotatable bonds is 3. The Hall–Kier alpha value is -2.35. The summed E-state index contributed by atoms with van der Waals surface area (Å²) in [6.45, 7) is 0.329. The summed E-state index contributed by atoms with van der Waals surface area (Å²) < 4.78 is 28.0. The van der Waals surface area contributed by atoms with E-state index in [2.05, 4.69) is 5.32 Å². The first-order chi connectivity index (χ1) is 8.61. The first-order valence-corrected chi connectivity index (χ1v) is 5.35. The summed E-state index contributed by atoms with van der Waals surface area (Å²) in [5.41, 5.74) is 1.46. The van der Waals surface area contributed by atoms with Gasteiger partial charge in [-0.2, -0.15) is 5.26 Å². The second-order valence-electron chi connectivity index (χ2n) is 3.91. The molecule has 0 aliphatic rings. The van der Waals surface area contributed by atoms with Gasteiger partial charge < -0.3 is 9.88 Å². The minimum absolute atomic E-state index is 0.109. The molecule has 1 heterocycles. The molecule has 0 atom stereocenters. The second-order valence-corrected chi connectivity index (χ2v) is 3.91. The van der Waals surface area contributed by atoms with Crippen LogP contribution in [0.4, 0.5) is 14.5 Å². The number of hydrogen-bond acceptors (Lipinski definition) is 2. The van der Waals surface area contributed by atoms with Crippen molar-refractivity contribution in [2.45, 2.75) is 6.54 Å². The van der Waals surface area contributed by atoms with Gasteiger partial charge in [0.25, 0.3) is 0 Å². The van der Waals surface area contributed by atoms with Gasteiger partial charge in [0, 0.05) is 19.8 Å². The number of nitrogens with zero attached hydrogens (tertiary/aromatic N) is 2. The van der Waals surface area contributed by atoms with Gasteiger partial charge in [-0.1, -0.05) is 6.07 Å². The first-order valence-electron chi connectivity index (χ1n) is 5.35. The number of hydrogen-bond donors (Lipinski definition) is 1. The maximum Gasteiger partial charge on any atom is 0.181 e. The van der Waals surface area contributed by atoms with E-state index in [0.717, 1.165) is 11.6 Å². The third kappa shape index (κ3) is 2.33. The fourth-order valence-corrected chi connectivity index (χ4v) is 1.68. The summed E-state index contributed by atoms with van der Waals surface area (Å²) in [6, 6.07) is 7.70. The molecule has 0 aliphatic carbocycles. The highest BCUT2D eigenvalue weighted by atomic mass is 19.2. The average molecular weight is 247 g/mol. The summed E-state index contributed by atoms with van der Waals surface area (Å²) in [4.78, 5) is 0. The minimum atomic E-state index is -0.895. The molecule has 0 saturated heterocycles. The maximum absolute atomic E-state index is 13.4. The molecule has 0 aliphatic heterocycles. The highest BCUT2D eigenvalue weighted by Crippen LogP contribution is 2.17. The van der Waals surface area contributed by atoms with Crippen molar-refractivity contribution < 1.29 is 8.78 Å². The van der Waals surface area contributed by atoms with Crippen molar-refractivity contribution in [2.75, 3.05) is 5.32 Å². The van der Waals surface area contributed by atoms with Gasteiger partial charge in [0.15, 0.2) is 11.6 Å². The van der Waals surface area contributed by atoms with E-state index in [1.807, 2.05) is 6.07 Å². The molecule has 0 saturated carbocycles. The Balaban J connectivity index is 2.12. The number of aromatic nitrogens is 1. The standard InChI is InChI=1S/C13H11F2N3/c1-18-8-9(5-10(18)6-16)7-17-12-4-2-3-11(14)13(12)15/h2-5,8,17H,7H2,1H3. The Bertz CT molecular complexity index is 611. The number of nitriles is 1. The van der Waals surface area contributed by atoms with E-state index in [4.69, 9.17) is 5.26 Å². The fourth-order valence-electron chi connectivity index (χ4n) is 1.68. The summed E-state index contributed by atoms with van der Waals surface area (Å²) in [6.07, 6.45) is 1.77. The Labute approximate surface area is 103 Å². The quantitative estimate of drug-likeness (QED) is 0.906. The molecule has 1 N–H and O–H groups in total. The molecule has 0 amide bonds. The molecule has 5 heteroatoms. The lowest BCUT2D eigenvalue weighted by molar-refractivity contribution is 0.511. The molecule has 0 unspecified atom stereocenters. The predicted octanol–water partition coefficient (Wildman–Crippen LogP) is 2.79. The van der Waals surface area contributed by atoms with Gasteiger partial charge in [0.2, 0.25) is 0 Å². The van der Waals surface area contributed by atoms with E-state index < -0.39 is 11.6 Å². The highest BCUT2D eigenvalue weighted by Gasteiger charge is 2.08. The Kier molecular flexibility index (Phi) is 3.28. The predicted molar refractivity (Wildman–Crippen MR) is 63.8 cm³/mol. The van der Waals surface area contributed by atoms with Gasteiger partial charge in [-0.3, -0.25) is 0 Å². The fraction of sp³-hybridized carbons (Fsp3) is 0.154. The zero-order chi connectivity index (χ0) is 13.1. The Morgan fingerprint density at radius 2 is 2.17 bits per heavy atom. The molecule has 18 heavy (non-hydrogen) atoms. The van der Waals surface area contributed by atoms with Gasteiger partial charge in [0.1, 0.15) is 11.8 Å². The zero-order valence-electron chi connectivity index (χ0n) is 9.74. The largest absolute Gasteiger partial charge is 0.378 e. The van der Waals surface area contributed by atoms with Crippen molar-refractivity contribution in [1.82, 2.24) is 4.57 Å². The van der Waals surface area contributed by atoms with E-state index in [-0.39, 0.29) is 5.69 Å². The molecule has 1 aromatic heterocycles. The average Bonchev–Trinajstić information content (AvgIpc) is 2.72. The minimum Gasteiger partial charge on any atom is -0.378 e. The van der Waals surface area contributed by atoms with Crippen LogP contribution >= 0.6 is 0 Å². The third-order valence-electron chi connectivity index (χ3n) is 2.61. The van der Waals surface area contributed by atoms with Crippen molar-refractivity contribution in [1.29, 1.82) is 5.26 Å². The lowest BCUT2D eigenvalue weighted by Gasteiger charge is -2.06. The summed E-state index contributed by atoms with van der Waals surface area (Å²) in [5.74, 6) is -1.78. The summed E-state index contributed by atoms with van der Waals surface area (Å²) >= 11 is 0. The smallest absolute Gasteiger partial charge is 0.181 e. The van der Waals surface area contributed by atoms with Gasteiger partial charge in [-0.25, -0.2) is 8.78 Å². The maximum atomic E-state index is 13.4. The van der Waals surface area contributed by atoms with Crippen molar-refractivity contribution in [3.63, 3.8) is 0 Å². The van der Waals surface area contributed by atoms with Crippen molar-refractivity contribution in [2.24, 2.45) is 7.05 Å². The van der Waals surface area contributed by atoms with Gasteiger partial charge in [0.05, 0.1) is 5.69 Å². The molecule has 2 aromatic rings. The molecular formula is C13H11F2N3. The van der Waals surface area contributed by atoms with Gasteiger partial charge in [-0.05, 0) is 23.8 Å². The molecule has 0 spiro atoms. The second kappa shape index (κ2) is 4.88. The summed E-state index contributed by atoms with van der Waals surface area (Å²) in [7, 11) is 1.75. The summed E-state index contributed by atoms with van der Waals surface area (Å²) in [5, 5.41) is 11.6. The molecule has 2 rings (SSSR count). The van der Waals surface area contributed by atoms with Crippen molar-refractivity contribution >= 4 is 5.69 Å². The van der Waals surface area contributed by atoms with E-state index in [1.165, 1.54) is 12.1 Å². The molecular weight excluding hydrogens is 236 g/mol. The van der Waals surface area contributed by atoms with E-state index in [1.54, 1.807) is 23.9 Å². The number of nitrogens with one attached hydrogen (secondary N) is 1. The lowest BCUT2D eigenvalue weighted by Crippen LogP contribution is -2.01. The number of anilines is 1. The van der Waals surface area contributed by atoms with Crippen LogP contribution in [0.2, 0.25) is 0 Å². The third-order valence-corrected chi connectivity index (χ3v) is 2.61. The molecule has 0 radical (unpaired) electrons. The van der Waals surface area contributed by atoms with Crippen LogP contribution in [-0.2, 0) is 13.6 Å². The lowest BCUT2D eigenvalue weighted by atomic mass is 10.2. The topological polar surface area (TPSA) is 40.8 Å². The zero-order valence-corrected chi connectivity index (χ0v) is 9.74.